The van der Waals surface area contributed by atoms with E-state index in [0.717, 1.165) is 21.7 Å². The van der Waals surface area contributed by atoms with E-state index in [4.69, 9.17) is 11.6 Å². The summed E-state index contributed by atoms with van der Waals surface area (Å²) < 4.78 is 0. The van der Waals surface area contributed by atoms with Gasteiger partial charge in [0, 0.05) is 11.4 Å². The van der Waals surface area contributed by atoms with Gasteiger partial charge in [0.05, 0.1) is 18.3 Å². The Morgan fingerprint density at radius 1 is 1.11 bits per heavy atom. The lowest BCUT2D eigenvalue weighted by molar-refractivity contribution is -0.137. The van der Waals surface area contributed by atoms with Crippen LogP contribution < -0.4 is 5.32 Å². The molecule has 2 aromatic rings. The monoisotopic (exact) mass is 396 g/mol. The van der Waals surface area contributed by atoms with E-state index in [-0.39, 0.29) is 19.1 Å². The zero-order valence-electron chi connectivity index (χ0n) is 14.8. The molecule has 0 unspecified atom stereocenters. The zero-order valence-corrected chi connectivity index (χ0v) is 15.6. The Labute approximate surface area is 166 Å². The van der Waals surface area contributed by atoms with E-state index in [9.17, 15) is 14.4 Å². The lowest BCUT2D eigenvalue weighted by atomic mass is 9.98. The number of carbonyl (C=O) groups excluding carboxylic acids is 3. The number of hydrogen-bond acceptors (Lipinski definition) is 4. The minimum absolute atomic E-state index is 0.0920. The SMILES string of the molecule is O=C1CNC(=O)N1CC(=O)N1N=C(c2ccccc2)C[C@H]1c1ccc(Cl)cc1. The maximum atomic E-state index is 12.9. The molecule has 7 nitrogen and oxygen atoms in total. The van der Waals surface area contributed by atoms with Gasteiger partial charge in [0.15, 0.2) is 0 Å². The topological polar surface area (TPSA) is 82.1 Å². The van der Waals surface area contributed by atoms with Gasteiger partial charge in [0.2, 0.25) is 0 Å². The molecule has 4 amide bonds. The van der Waals surface area contributed by atoms with Gasteiger partial charge in [0.25, 0.3) is 11.8 Å². The first-order chi connectivity index (χ1) is 13.5. The second-order valence-electron chi connectivity index (χ2n) is 6.56. The Kier molecular flexibility index (Phi) is 4.83. The summed E-state index contributed by atoms with van der Waals surface area (Å²) in [5, 5.41) is 8.91. The molecule has 8 heteroatoms. The second-order valence-corrected chi connectivity index (χ2v) is 7.00. The summed E-state index contributed by atoms with van der Waals surface area (Å²) in [5.41, 5.74) is 2.57. The van der Waals surface area contributed by atoms with Crippen molar-refractivity contribution in [2.75, 3.05) is 13.1 Å². The van der Waals surface area contributed by atoms with Crippen molar-refractivity contribution < 1.29 is 14.4 Å². The smallest absolute Gasteiger partial charge is 0.325 e. The molecule has 4 rings (SSSR count). The van der Waals surface area contributed by atoms with Gasteiger partial charge in [-0.05, 0) is 23.3 Å². The van der Waals surface area contributed by atoms with E-state index in [1.807, 2.05) is 42.5 Å². The second kappa shape index (κ2) is 7.44. The predicted octanol–water partition coefficient (Wildman–Crippen LogP) is 2.57. The van der Waals surface area contributed by atoms with Gasteiger partial charge in [-0.15, -0.1) is 0 Å². The Hall–Kier alpha value is -3.19. The summed E-state index contributed by atoms with van der Waals surface area (Å²) >= 11 is 5.99. The van der Waals surface area contributed by atoms with Crippen molar-refractivity contribution in [3.05, 3.63) is 70.7 Å². The van der Waals surface area contributed by atoms with Gasteiger partial charge >= 0.3 is 6.03 Å². The van der Waals surface area contributed by atoms with Crippen LogP contribution in [0.15, 0.2) is 59.7 Å². The number of hydrazone groups is 1. The van der Waals surface area contributed by atoms with Gasteiger partial charge in [-0.3, -0.25) is 14.5 Å². The lowest BCUT2D eigenvalue weighted by Crippen LogP contribution is -2.41. The van der Waals surface area contributed by atoms with Crippen LogP contribution in [0.1, 0.15) is 23.6 Å². The molecular formula is C20H17ClN4O3. The number of benzene rings is 2. The Morgan fingerprint density at radius 3 is 2.46 bits per heavy atom. The van der Waals surface area contributed by atoms with Crippen LogP contribution >= 0.6 is 11.6 Å². The van der Waals surface area contributed by atoms with E-state index in [2.05, 4.69) is 10.4 Å². The lowest BCUT2D eigenvalue weighted by Gasteiger charge is -2.23. The first-order valence-corrected chi connectivity index (χ1v) is 9.19. The fraction of sp³-hybridized carbons (Fsp3) is 0.200. The number of carbonyl (C=O) groups is 3. The molecule has 1 N–H and O–H groups in total. The van der Waals surface area contributed by atoms with Gasteiger partial charge in [0.1, 0.15) is 6.54 Å². The molecule has 0 aromatic heterocycles. The molecule has 1 fully saturated rings. The zero-order chi connectivity index (χ0) is 19.7. The Morgan fingerprint density at radius 2 is 1.82 bits per heavy atom. The van der Waals surface area contributed by atoms with Crippen molar-refractivity contribution in [1.29, 1.82) is 0 Å². The molecule has 0 aliphatic carbocycles. The molecule has 2 heterocycles. The van der Waals surface area contributed by atoms with Crippen molar-refractivity contribution >= 4 is 35.2 Å². The quantitative estimate of drug-likeness (QED) is 0.806. The van der Waals surface area contributed by atoms with Crippen LogP contribution in [0.25, 0.3) is 0 Å². The highest BCUT2D eigenvalue weighted by Crippen LogP contribution is 2.33. The summed E-state index contributed by atoms with van der Waals surface area (Å²) in [6, 6.07) is 15.9. The molecule has 142 valence electrons. The maximum Gasteiger partial charge on any atom is 0.325 e. The highest BCUT2D eigenvalue weighted by atomic mass is 35.5. The molecular weight excluding hydrogens is 380 g/mol. The summed E-state index contributed by atoms with van der Waals surface area (Å²) in [4.78, 5) is 37.5. The number of urea groups is 1. The first kappa shape index (κ1) is 18.2. The number of rotatable bonds is 4. The van der Waals surface area contributed by atoms with Crippen molar-refractivity contribution in [1.82, 2.24) is 15.2 Å². The largest absolute Gasteiger partial charge is 0.329 e. The van der Waals surface area contributed by atoms with Crippen LogP contribution in [0.5, 0.6) is 0 Å². The van der Waals surface area contributed by atoms with Gasteiger partial charge in [-0.2, -0.15) is 5.10 Å². The third-order valence-corrected chi connectivity index (χ3v) is 5.01. The minimum Gasteiger partial charge on any atom is -0.329 e. The molecule has 1 saturated heterocycles. The van der Waals surface area contributed by atoms with Crippen LogP contribution in [0.2, 0.25) is 5.02 Å². The first-order valence-electron chi connectivity index (χ1n) is 8.81. The fourth-order valence-corrected chi connectivity index (χ4v) is 3.44. The molecule has 28 heavy (non-hydrogen) atoms. The molecule has 2 aromatic carbocycles. The van der Waals surface area contributed by atoms with Crippen LogP contribution in [-0.4, -0.2) is 46.6 Å². The highest BCUT2D eigenvalue weighted by Gasteiger charge is 2.37. The van der Waals surface area contributed by atoms with E-state index in [1.54, 1.807) is 12.1 Å². The van der Waals surface area contributed by atoms with Gasteiger partial charge in [-0.25, -0.2) is 9.80 Å². The predicted molar refractivity (Wildman–Crippen MR) is 104 cm³/mol. The molecule has 2 aliphatic rings. The van der Waals surface area contributed by atoms with Gasteiger partial charge in [-0.1, -0.05) is 54.1 Å². The number of amides is 4. The van der Waals surface area contributed by atoms with Crippen LogP contribution in [0, 0.1) is 0 Å². The summed E-state index contributed by atoms with van der Waals surface area (Å²) in [7, 11) is 0. The van der Waals surface area contributed by atoms with E-state index in [0.29, 0.717) is 11.4 Å². The average Bonchev–Trinajstić information content (AvgIpc) is 3.29. The molecule has 1 atom stereocenters. The maximum absolute atomic E-state index is 12.9. The van der Waals surface area contributed by atoms with Crippen molar-refractivity contribution in [3.8, 4) is 0 Å². The van der Waals surface area contributed by atoms with Crippen molar-refractivity contribution in [2.24, 2.45) is 5.10 Å². The van der Waals surface area contributed by atoms with Crippen LogP contribution in [0.4, 0.5) is 4.79 Å². The standard InChI is InChI=1S/C20H17ClN4O3/c21-15-8-6-14(7-9-15)17-10-16(13-4-2-1-3-5-13)23-25(17)19(27)12-24-18(26)11-22-20(24)28/h1-9,17H,10-12H2,(H,22,28)/t17-/m0/s1. The normalized spacial score (nSPS) is 19.0. The van der Waals surface area contributed by atoms with Gasteiger partial charge < -0.3 is 5.32 Å². The minimum atomic E-state index is -0.562. The molecule has 0 bridgehead atoms. The Balaban J connectivity index is 1.63. The number of nitrogens with zero attached hydrogens (tertiary/aromatic N) is 3. The van der Waals surface area contributed by atoms with E-state index < -0.39 is 17.8 Å². The van der Waals surface area contributed by atoms with E-state index >= 15 is 0 Å². The van der Waals surface area contributed by atoms with E-state index in [1.165, 1.54) is 5.01 Å². The van der Waals surface area contributed by atoms with Crippen LogP contribution in [-0.2, 0) is 9.59 Å². The molecule has 0 radical (unpaired) electrons. The van der Waals surface area contributed by atoms with Crippen molar-refractivity contribution in [3.63, 3.8) is 0 Å². The average molecular weight is 397 g/mol. The van der Waals surface area contributed by atoms with Crippen molar-refractivity contribution in [2.45, 2.75) is 12.5 Å². The summed E-state index contributed by atoms with van der Waals surface area (Å²) in [6.45, 7) is -0.439. The highest BCUT2D eigenvalue weighted by molar-refractivity contribution is 6.30. The Bertz CT molecular complexity index is 943. The van der Waals surface area contributed by atoms with Crippen LogP contribution in [0.3, 0.4) is 0 Å². The summed E-state index contributed by atoms with van der Waals surface area (Å²) in [5.74, 6) is -0.843. The third kappa shape index (κ3) is 3.48. The summed E-state index contributed by atoms with van der Waals surface area (Å²) in [6.07, 6.45) is 0.525. The number of imide groups is 1. The fourth-order valence-electron chi connectivity index (χ4n) is 3.31. The molecule has 0 spiro atoms. The molecule has 0 saturated carbocycles. The number of halogens is 1. The third-order valence-electron chi connectivity index (χ3n) is 4.76. The molecule has 2 aliphatic heterocycles. The number of nitrogens with one attached hydrogen (secondary N) is 1. The number of hydrogen-bond donors (Lipinski definition) is 1.